The molecular weight excluding hydrogens is 172 g/mol. The maximum absolute atomic E-state index is 9.40. The molecule has 0 aliphatic carbocycles. The van der Waals surface area contributed by atoms with Crippen LogP contribution >= 0.6 is 12.6 Å². The molecule has 0 spiro atoms. The number of nitrogens with zero attached hydrogens (tertiary/aromatic N) is 2. The van der Waals surface area contributed by atoms with Gasteiger partial charge in [-0.15, -0.1) is 12.6 Å². The van der Waals surface area contributed by atoms with Gasteiger partial charge in [-0.2, -0.15) is 4.98 Å². The van der Waals surface area contributed by atoms with Gasteiger partial charge in [0, 0.05) is 5.56 Å². The summed E-state index contributed by atoms with van der Waals surface area (Å²) in [4.78, 5) is 7.88. The van der Waals surface area contributed by atoms with E-state index in [9.17, 15) is 5.11 Å². The van der Waals surface area contributed by atoms with Crippen molar-refractivity contribution in [2.24, 2.45) is 0 Å². The van der Waals surface area contributed by atoms with Gasteiger partial charge >= 0.3 is 0 Å². The van der Waals surface area contributed by atoms with E-state index in [1.165, 1.54) is 0 Å². The lowest BCUT2D eigenvalue weighted by atomic mass is 10.1. The van der Waals surface area contributed by atoms with Gasteiger partial charge < -0.3 is 5.11 Å². The van der Waals surface area contributed by atoms with Gasteiger partial charge in [0.25, 0.3) is 0 Å². The third-order valence-corrected chi connectivity index (χ3v) is 1.95. The summed E-state index contributed by atoms with van der Waals surface area (Å²) >= 11 is 3.98. The summed E-state index contributed by atoms with van der Waals surface area (Å²) in [5.41, 5.74) is 1.71. The summed E-state index contributed by atoms with van der Waals surface area (Å²) in [6, 6.07) is 0. The minimum Gasteiger partial charge on any atom is -0.493 e. The molecule has 0 atom stereocenters. The minimum absolute atomic E-state index is 0.0642. The molecule has 66 valence electrons. The molecule has 0 unspecified atom stereocenters. The van der Waals surface area contributed by atoms with Crippen LogP contribution in [0.3, 0.4) is 0 Å². The highest BCUT2D eigenvalue weighted by atomic mass is 32.1. The van der Waals surface area contributed by atoms with Gasteiger partial charge in [-0.1, -0.05) is 13.8 Å². The van der Waals surface area contributed by atoms with Crippen LogP contribution < -0.4 is 0 Å². The Bertz CT molecular complexity index is 289. The van der Waals surface area contributed by atoms with Crippen LogP contribution in [0.15, 0.2) is 5.16 Å². The van der Waals surface area contributed by atoms with Crippen molar-refractivity contribution in [1.82, 2.24) is 9.97 Å². The lowest BCUT2D eigenvalue weighted by molar-refractivity contribution is 0.436. The largest absolute Gasteiger partial charge is 0.493 e. The number of hydrogen-bond donors (Lipinski definition) is 2. The van der Waals surface area contributed by atoms with Crippen molar-refractivity contribution >= 4 is 12.6 Å². The molecular formula is C8H12N2OS. The number of aromatic hydroxyl groups is 1. The first-order valence-corrected chi connectivity index (χ1v) is 4.41. The Balaban J connectivity index is 3.24. The van der Waals surface area contributed by atoms with Gasteiger partial charge in [0.05, 0.1) is 5.69 Å². The van der Waals surface area contributed by atoms with Gasteiger partial charge in [0.2, 0.25) is 5.88 Å². The monoisotopic (exact) mass is 184 g/mol. The zero-order chi connectivity index (χ0) is 9.14. The lowest BCUT2D eigenvalue weighted by Gasteiger charge is -2.06. The Hall–Kier alpha value is -0.770. The number of aryl methyl sites for hydroxylation is 1. The van der Waals surface area contributed by atoms with E-state index in [2.05, 4.69) is 22.6 Å². The van der Waals surface area contributed by atoms with E-state index in [0.717, 1.165) is 24.1 Å². The van der Waals surface area contributed by atoms with Crippen LogP contribution in [-0.4, -0.2) is 15.1 Å². The molecule has 3 nitrogen and oxygen atoms in total. The zero-order valence-electron chi connectivity index (χ0n) is 7.20. The van der Waals surface area contributed by atoms with Crippen LogP contribution in [0, 0.1) is 0 Å². The van der Waals surface area contributed by atoms with Crippen LogP contribution in [-0.2, 0) is 12.8 Å². The molecule has 0 bridgehead atoms. The summed E-state index contributed by atoms with van der Waals surface area (Å²) in [5, 5.41) is 9.74. The molecule has 0 saturated carbocycles. The van der Waals surface area contributed by atoms with Gasteiger partial charge in [0.15, 0.2) is 5.16 Å². The number of aromatic nitrogens is 2. The van der Waals surface area contributed by atoms with Crippen molar-refractivity contribution in [3.8, 4) is 5.88 Å². The van der Waals surface area contributed by atoms with Crippen molar-refractivity contribution in [3.05, 3.63) is 11.3 Å². The molecule has 1 aromatic heterocycles. The van der Waals surface area contributed by atoms with Crippen LogP contribution in [0.2, 0.25) is 0 Å². The Morgan fingerprint density at radius 1 is 1.25 bits per heavy atom. The first-order chi connectivity index (χ1) is 5.69. The fourth-order valence-electron chi connectivity index (χ4n) is 1.16. The number of hydrogen-bond acceptors (Lipinski definition) is 4. The van der Waals surface area contributed by atoms with Gasteiger partial charge in [-0.05, 0) is 12.8 Å². The molecule has 12 heavy (non-hydrogen) atoms. The fourth-order valence-corrected chi connectivity index (χ4v) is 1.37. The smallest absolute Gasteiger partial charge is 0.218 e. The second-order valence-corrected chi connectivity index (χ2v) is 2.88. The topological polar surface area (TPSA) is 46.0 Å². The summed E-state index contributed by atoms with van der Waals surface area (Å²) in [5.74, 6) is 0.0642. The van der Waals surface area contributed by atoms with E-state index in [1.54, 1.807) is 0 Å². The Morgan fingerprint density at radius 2 is 1.92 bits per heavy atom. The van der Waals surface area contributed by atoms with Crippen molar-refractivity contribution < 1.29 is 5.11 Å². The molecule has 0 amide bonds. The van der Waals surface area contributed by atoms with Crippen molar-refractivity contribution in [3.63, 3.8) is 0 Å². The molecule has 1 heterocycles. The van der Waals surface area contributed by atoms with E-state index in [-0.39, 0.29) is 5.88 Å². The quantitative estimate of drug-likeness (QED) is 0.542. The average molecular weight is 184 g/mol. The van der Waals surface area contributed by atoms with Crippen LogP contribution in [0.4, 0.5) is 0 Å². The van der Waals surface area contributed by atoms with Crippen molar-refractivity contribution in [2.45, 2.75) is 31.8 Å². The molecule has 0 aliphatic rings. The summed E-state index contributed by atoms with van der Waals surface area (Å²) in [6.45, 7) is 3.96. The normalized spacial score (nSPS) is 10.2. The maximum Gasteiger partial charge on any atom is 0.218 e. The highest BCUT2D eigenvalue weighted by molar-refractivity contribution is 7.80. The molecule has 1 N–H and O–H groups in total. The first-order valence-electron chi connectivity index (χ1n) is 3.96. The van der Waals surface area contributed by atoms with Gasteiger partial charge in [0.1, 0.15) is 0 Å². The highest BCUT2D eigenvalue weighted by Gasteiger charge is 2.08. The second-order valence-electron chi connectivity index (χ2n) is 2.48. The SMILES string of the molecule is CCc1nc(S)nc(O)c1CC. The summed E-state index contributed by atoms with van der Waals surface area (Å²) in [7, 11) is 0. The van der Waals surface area contributed by atoms with E-state index < -0.39 is 0 Å². The molecule has 1 aromatic rings. The first kappa shape index (κ1) is 9.32. The highest BCUT2D eigenvalue weighted by Crippen LogP contribution is 2.19. The van der Waals surface area contributed by atoms with Gasteiger partial charge in [-0.3, -0.25) is 0 Å². The molecule has 0 fully saturated rings. The molecule has 0 saturated heterocycles. The predicted octanol–water partition coefficient (Wildman–Crippen LogP) is 1.60. The van der Waals surface area contributed by atoms with E-state index in [0.29, 0.717) is 5.16 Å². The Morgan fingerprint density at radius 3 is 2.42 bits per heavy atom. The zero-order valence-corrected chi connectivity index (χ0v) is 8.10. The van der Waals surface area contributed by atoms with Crippen molar-refractivity contribution in [1.29, 1.82) is 0 Å². The minimum atomic E-state index is 0.0642. The maximum atomic E-state index is 9.40. The second kappa shape index (κ2) is 3.76. The average Bonchev–Trinajstić information content (AvgIpc) is 2.03. The lowest BCUT2D eigenvalue weighted by Crippen LogP contribution is -1.99. The number of thiol groups is 1. The predicted molar refractivity (Wildman–Crippen MR) is 49.7 cm³/mol. The third-order valence-electron chi connectivity index (χ3n) is 1.75. The standard InChI is InChI=1S/C8H12N2OS/c1-3-5-6(4-2)9-8(12)10-7(5)11/h3-4H2,1-2H3,(H2,9,10,11,12). The van der Waals surface area contributed by atoms with E-state index in [4.69, 9.17) is 0 Å². The Labute approximate surface area is 77.3 Å². The number of rotatable bonds is 2. The van der Waals surface area contributed by atoms with Crippen LogP contribution in [0.1, 0.15) is 25.1 Å². The molecule has 0 aliphatic heterocycles. The van der Waals surface area contributed by atoms with Gasteiger partial charge in [-0.25, -0.2) is 4.98 Å². The molecule has 0 radical (unpaired) electrons. The molecule has 0 aromatic carbocycles. The Kier molecular flexibility index (Phi) is 2.92. The van der Waals surface area contributed by atoms with Crippen LogP contribution in [0.25, 0.3) is 0 Å². The fraction of sp³-hybridized carbons (Fsp3) is 0.500. The molecule has 4 heteroatoms. The van der Waals surface area contributed by atoms with E-state index in [1.807, 2.05) is 13.8 Å². The summed E-state index contributed by atoms with van der Waals surface area (Å²) in [6.07, 6.45) is 1.55. The van der Waals surface area contributed by atoms with Crippen molar-refractivity contribution in [2.75, 3.05) is 0 Å². The third kappa shape index (κ3) is 1.69. The summed E-state index contributed by atoms with van der Waals surface area (Å²) < 4.78 is 0. The molecule has 1 rings (SSSR count). The van der Waals surface area contributed by atoms with Crippen LogP contribution in [0.5, 0.6) is 5.88 Å². The van der Waals surface area contributed by atoms with E-state index >= 15 is 0 Å².